The third-order valence-electron chi connectivity index (χ3n) is 14.3. The summed E-state index contributed by atoms with van der Waals surface area (Å²) in [4.78, 5) is 37.8. The monoisotopic (exact) mass is 1130 g/mol. The Balaban J connectivity index is 5.16. The van der Waals surface area contributed by atoms with Crippen LogP contribution in [0.25, 0.3) is 0 Å². The van der Waals surface area contributed by atoms with Crippen LogP contribution in [0.4, 0.5) is 0 Å². The Morgan fingerprint density at radius 3 is 1.18 bits per heavy atom. The number of likely N-dealkylation sites (N-methyl/N-ethyl adjacent to an activating group) is 1. The summed E-state index contributed by atoms with van der Waals surface area (Å²) in [5.74, 6) is -0.523. The van der Waals surface area contributed by atoms with Gasteiger partial charge in [0, 0.05) is 12.8 Å². The number of esters is 1. The highest BCUT2D eigenvalue weighted by Gasteiger charge is 2.30. The molecule has 3 unspecified atom stereocenters. The highest BCUT2D eigenvalue weighted by molar-refractivity contribution is 7.47. The van der Waals surface area contributed by atoms with Gasteiger partial charge in [-0.2, -0.15) is 0 Å². The first-order valence-electron chi connectivity index (χ1n) is 32.9. The number of hydrogen-bond donors (Lipinski definition) is 2. The Bertz CT molecular complexity index is 1630. The van der Waals surface area contributed by atoms with Crippen molar-refractivity contribution in [2.75, 3.05) is 40.9 Å². The van der Waals surface area contributed by atoms with Gasteiger partial charge in [0.2, 0.25) is 5.91 Å². The van der Waals surface area contributed by atoms with Gasteiger partial charge in [0.15, 0.2) is 0 Å². The quantitative estimate of drug-likeness (QED) is 0.0205. The van der Waals surface area contributed by atoms with E-state index in [0.29, 0.717) is 17.4 Å². The number of unbranched alkanes of at least 4 members (excludes halogenated alkanes) is 31. The van der Waals surface area contributed by atoms with Crippen molar-refractivity contribution in [3.63, 3.8) is 0 Å². The van der Waals surface area contributed by atoms with Crippen molar-refractivity contribution in [3.05, 3.63) is 85.1 Å². The second-order valence-corrected chi connectivity index (χ2v) is 24.7. The van der Waals surface area contributed by atoms with E-state index in [2.05, 4.69) is 99.0 Å². The number of phosphoric ester groups is 1. The van der Waals surface area contributed by atoms with Crippen molar-refractivity contribution in [1.29, 1.82) is 0 Å². The molecule has 79 heavy (non-hydrogen) atoms. The van der Waals surface area contributed by atoms with Crippen molar-refractivity contribution in [2.24, 2.45) is 0 Å². The number of nitrogens with zero attached hydrogens (tertiary/aromatic N) is 1. The summed E-state index contributed by atoms with van der Waals surface area (Å²) in [7, 11) is 1.48. The van der Waals surface area contributed by atoms with E-state index in [4.69, 9.17) is 13.8 Å². The molecule has 0 aromatic rings. The molecule has 0 rings (SSSR count). The molecule has 9 nitrogen and oxygen atoms in total. The molecular weight excluding hydrogens is 1000 g/mol. The summed E-state index contributed by atoms with van der Waals surface area (Å²) >= 11 is 0. The maximum Gasteiger partial charge on any atom is 0.472 e. The van der Waals surface area contributed by atoms with Gasteiger partial charge < -0.3 is 19.4 Å². The van der Waals surface area contributed by atoms with Gasteiger partial charge in [0.1, 0.15) is 19.3 Å². The van der Waals surface area contributed by atoms with Crippen molar-refractivity contribution in [1.82, 2.24) is 5.32 Å². The molecule has 0 aliphatic heterocycles. The lowest BCUT2D eigenvalue weighted by molar-refractivity contribution is -0.870. The molecule has 458 valence electrons. The number of amides is 1. The largest absolute Gasteiger partial charge is 0.472 e. The lowest BCUT2D eigenvalue weighted by Crippen LogP contribution is -2.47. The Hall–Kier alpha value is -2.81. The van der Waals surface area contributed by atoms with Gasteiger partial charge >= 0.3 is 13.8 Å². The van der Waals surface area contributed by atoms with Crippen LogP contribution in [0.15, 0.2) is 85.1 Å². The number of hydrogen-bond acceptors (Lipinski definition) is 6. The second-order valence-electron chi connectivity index (χ2n) is 23.3. The fourth-order valence-corrected chi connectivity index (χ4v) is 9.93. The first kappa shape index (κ1) is 76.2. The molecule has 0 saturated heterocycles. The highest BCUT2D eigenvalue weighted by atomic mass is 31.2. The molecule has 0 heterocycles. The third-order valence-corrected chi connectivity index (χ3v) is 15.3. The first-order chi connectivity index (χ1) is 38.4. The highest BCUT2D eigenvalue weighted by Crippen LogP contribution is 2.43. The SMILES string of the molecule is CCCCC/C=C\C/C=C\C/C=C\CCCCCCCCCCCCC(=O)OC(/C=C/CCCCCCCCCCC)C(COP(=O)(O)OCC[N+](C)(C)C)NC(=O)CCCCCCCC/C=C\C/C=C\C/C=C\CCCCC. The number of rotatable bonds is 59. The molecule has 0 aliphatic rings. The summed E-state index contributed by atoms with van der Waals surface area (Å²) in [6, 6.07) is -0.861. The molecule has 0 aromatic carbocycles. The molecule has 0 bridgehead atoms. The fourth-order valence-electron chi connectivity index (χ4n) is 9.19. The van der Waals surface area contributed by atoms with E-state index in [1.807, 2.05) is 33.3 Å². The Labute approximate surface area is 488 Å². The van der Waals surface area contributed by atoms with E-state index in [1.165, 1.54) is 161 Å². The zero-order chi connectivity index (χ0) is 57.9. The van der Waals surface area contributed by atoms with Gasteiger partial charge in [0.25, 0.3) is 0 Å². The normalized spacial score (nSPS) is 14.2. The number of nitrogens with one attached hydrogen (secondary N) is 1. The summed E-state index contributed by atoms with van der Waals surface area (Å²) < 4.78 is 30.7. The second kappa shape index (κ2) is 58.4. The van der Waals surface area contributed by atoms with Crippen LogP contribution in [0.2, 0.25) is 0 Å². The fraction of sp³-hybridized carbons (Fsp3) is 0.768. The number of quaternary nitrogens is 1. The van der Waals surface area contributed by atoms with E-state index in [0.717, 1.165) is 96.3 Å². The van der Waals surface area contributed by atoms with E-state index in [9.17, 15) is 19.0 Å². The number of ether oxygens (including phenoxy) is 1. The van der Waals surface area contributed by atoms with Crippen LogP contribution in [0.5, 0.6) is 0 Å². The first-order valence-corrected chi connectivity index (χ1v) is 34.4. The number of carbonyl (C=O) groups is 2. The van der Waals surface area contributed by atoms with Gasteiger partial charge in [-0.3, -0.25) is 18.6 Å². The molecule has 10 heteroatoms. The molecule has 0 radical (unpaired) electrons. The maximum atomic E-state index is 13.6. The molecule has 1 amide bonds. The van der Waals surface area contributed by atoms with Gasteiger partial charge in [-0.05, 0) is 109 Å². The van der Waals surface area contributed by atoms with Crippen LogP contribution in [0.3, 0.4) is 0 Å². The van der Waals surface area contributed by atoms with Crippen molar-refractivity contribution in [3.8, 4) is 0 Å². The number of phosphoric acid groups is 1. The van der Waals surface area contributed by atoms with Crippen LogP contribution >= 0.6 is 7.82 Å². The minimum atomic E-state index is -4.46. The Morgan fingerprint density at radius 1 is 0.443 bits per heavy atom. The molecule has 0 aliphatic carbocycles. The van der Waals surface area contributed by atoms with Gasteiger partial charge in [-0.25, -0.2) is 4.57 Å². The summed E-state index contributed by atoms with van der Waals surface area (Å²) in [6.45, 7) is 6.95. The molecule has 0 aromatic heterocycles. The van der Waals surface area contributed by atoms with Crippen LogP contribution in [0.1, 0.15) is 290 Å². The molecular formula is C69H126N2O7P+. The topological polar surface area (TPSA) is 111 Å². The minimum Gasteiger partial charge on any atom is -0.456 e. The van der Waals surface area contributed by atoms with Crippen LogP contribution in [-0.4, -0.2) is 74.3 Å². The van der Waals surface area contributed by atoms with Crippen LogP contribution < -0.4 is 5.32 Å². The third kappa shape index (κ3) is 59.6. The van der Waals surface area contributed by atoms with Crippen molar-refractivity contribution >= 4 is 19.7 Å². The van der Waals surface area contributed by atoms with Crippen molar-refractivity contribution in [2.45, 2.75) is 303 Å². The lowest BCUT2D eigenvalue weighted by atomic mass is 10.0. The molecule has 0 spiro atoms. The predicted octanol–water partition coefficient (Wildman–Crippen LogP) is 20.6. The smallest absolute Gasteiger partial charge is 0.456 e. The minimum absolute atomic E-state index is 0.0337. The number of carbonyl (C=O) groups excluding carboxylic acids is 2. The van der Waals surface area contributed by atoms with E-state index < -0.39 is 20.0 Å². The maximum absolute atomic E-state index is 13.6. The summed E-state index contributed by atoms with van der Waals surface area (Å²) in [5, 5.41) is 3.05. The zero-order valence-corrected chi connectivity index (χ0v) is 53.2. The van der Waals surface area contributed by atoms with Gasteiger partial charge in [-0.1, -0.05) is 254 Å². The van der Waals surface area contributed by atoms with Crippen molar-refractivity contribution < 1.29 is 37.3 Å². The van der Waals surface area contributed by atoms with E-state index in [-0.39, 0.29) is 31.5 Å². The number of allylic oxidation sites excluding steroid dienone is 13. The average molecular weight is 1130 g/mol. The molecule has 2 N–H and O–H groups in total. The lowest BCUT2D eigenvalue weighted by Gasteiger charge is -2.27. The summed E-state index contributed by atoms with van der Waals surface area (Å²) in [5.41, 5.74) is 0. The Kier molecular flexibility index (Phi) is 56.3. The molecule has 0 fully saturated rings. The standard InChI is InChI=1S/C69H125N2O7P/c1-7-10-13-16-19-22-25-27-29-31-33-34-35-36-38-40-42-44-47-50-53-56-59-62-69(73)78-67(60-57-54-51-48-45-24-21-18-15-12-9-3)66(65-77-79(74,75)76-64-63-71(4,5)6)70-68(72)61-58-55-52-49-46-43-41-39-37-32-30-28-26-23-20-17-14-11-8-2/h19-20,22-23,27-30,33-34,37,39,57,60,66-67H,7-18,21,24-26,31-32,35-36,38,40-56,58-59,61-65H2,1-6H3,(H-,70,72,74,75)/p+1/b22-19-,23-20-,29-27-,30-28-,34-33-,39-37-,60-57+. The van der Waals surface area contributed by atoms with Gasteiger partial charge in [-0.15, -0.1) is 0 Å². The van der Waals surface area contributed by atoms with Crippen LogP contribution in [0, 0.1) is 0 Å². The predicted molar refractivity (Wildman–Crippen MR) is 341 cm³/mol. The molecule has 3 atom stereocenters. The summed E-state index contributed by atoms with van der Waals surface area (Å²) in [6.07, 6.45) is 77.2. The zero-order valence-electron chi connectivity index (χ0n) is 52.3. The Morgan fingerprint density at radius 2 is 0.772 bits per heavy atom. The van der Waals surface area contributed by atoms with E-state index in [1.54, 1.807) is 0 Å². The van der Waals surface area contributed by atoms with Gasteiger partial charge in [0.05, 0.1) is 33.8 Å². The average Bonchev–Trinajstić information content (AvgIpc) is 3.41. The van der Waals surface area contributed by atoms with E-state index >= 15 is 0 Å². The molecule has 0 saturated carbocycles. The van der Waals surface area contributed by atoms with Crippen LogP contribution in [-0.2, 0) is 27.9 Å².